The average molecular weight is 432 g/mol. The van der Waals surface area contributed by atoms with Crippen molar-refractivity contribution in [1.82, 2.24) is 14.9 Å². The van der Waals surface area contributed by atoms with Gasteiger partial charge >= 0.3 is 0 Å². The topological polar surface area (TPSA) is 53.3 Å². The lowest BCUT2D eigenvalue weighted by molar-refractivity contribution is 0.208. The minimum atomic E-state index is 0.630. The third-order valence-corrected chi connectivity index (χ3v) is 7.02. The third-order valence-electron chi connectivity index (χ3n) is 7.02. The van der Waals surface area contributed by atoms with Gasteiger partial charge in [-0.2, -0.15) is 0 Å². The Kier molecular flexibility index (Phi) is 6.08. The van der Waals surface area contributed by atoms with E-state index in [4.69, 9.17) is 9.47 Å². The molecule has 0 amide bonds. The summed E-state index contributed by atoms with van der Waals surface area (Å²) in [5.41, 5.74) is 5.17. The Morgan fingerprint density at radius 1 is 0.906 bits per heavy atom. The van der Waals surface area contributed by atoms with Crippen LogP contribution in [0.2, 0.25) is 0 Å². The Bertz CT molecular complexity index is 1180. The maximum atomic E-state index is 5.39. The number of likely N-dealkylation sites (tertiary alicyclic amines) is 1. The van der Waals surface area contributed by atoms with Gasteiger partial charge in [0, 0.05) is 39.6 Å². The molecule has 0 unspecified atom stereocenters. The minimum Gasteiger partial charge on any atom is -0.497 e. The van der Waals surface area contributed by atoms with Gasteiger partial charge in [-0.3, -0.25) is 0 Å². The molecule has 5 heteroatoms. The summed E-state index contributed by atoms with van der Waals surface area (Å²) in [5, 5.41) is 2.54. The fourth-order valence-electron chi connectivity index (χ4n) is 5.09. The van der Waals surface area contributed by atoms with E-state index in [0.717, 1.165) is 17.9 Å². The van der Waals surface area contributed by atoms with Gasteiger partial charge in [-0.1, -0.05) is 0 Å². The van der Waals surface area contributed by atoms with Gasteiger partial charge in [-0.25, -0.2) is 0 Å². The van der Waals surface area contributed by atoms with Crippen molar-refractivity contribution in [2.24, 2.45) is 0 Å². The zero-order valence-electron chi connectivity index (χ0n) is 19.1. The molecular weight excluding hydrogens is 398 g/mol. The second-order valence-corrected chi connectivity index (χ2v) is 8.98. The lowest BCUT2D eigenvalue weighted by Gasteiger charge is -2.31. The number of piperidine rings is 1. The molecule has 5 nitrogen and oxygen atoms in total. The van der Waals surface area contributed by atoms with Gasteiger partial charge in [0.2, 0.25) is 0 Å². The summed E-state index contributed by atoms with van der Waals surface area (Å²) >= 11 is 0. The molecule has 1 aliphatic heterocycles. The first-order valence-electron chi connectivity index (χ1n) is 11.8. The molecule has 32 heavy (non-hydrogen) atoms. The van der Waals surface area contributed by atoms with Crippen molar-refractivity contribution in [3.8, 4) is 11.5 Å². The normalized spacial score (nSPS) is 15.6. The summed E-state index contributed by atoms with van der Waals surface area (Å²) in [6, 6.07) is 14.8. The first kappa shape index (κ1) is 21.0. The van der Waals surface area contributed by atoms with Crippen LogP contribution in [0.1, 0.15) is 42.9 Å². The van der Waals surface area contributed by atoms with E-state index in [1.165, 1.54) is 78.4 Å². The number of ether oxygens (including phenoxy) is 2. The molecule has 0 atom stereocenters. The smallest absolute Gasteiger partial charge is 0.119 e. The number of rotatable bonds is 8. The highest BCUT2D eigenvalue weighted by atomic mass is 16.5. The summed E-state index contributed by atoms with van der Waals surface area (Å²) in [6.45, 7) is 3.57. The molecule has 0 aliphatic carbocycles. The van der Waals surface area contributed by atoms with E-state index in [1.54, 1.807) is 14.2 Å². The number of nitrogens with zero attached hydrogens (tertiary/aromatic N) is 1. The van der Waals surface area contributed by atoms with E-state index in [2.05, 4.69) is 51.4 Å². The number of hydrogen-bond acceptors (Lipinski definition) is 3. The van der Waals surface area contributed by atoms with E-state index < -0.39 is 0 Å². The lowest BCUT2D eigenvalue weighted by Crippen LogP contribution is -2.33. The number of unbranched alkanes of at least 4 members (excludes halogenated alkanes) is 1. The maximum absolute atomic E-state index is 5.39. The van der Waals surface area contributed by atoms with Gasteiger partial charge in [0.25, 0.3) is 0 Å². The molecular formula is C27H33N3O2. The van der Waals surface area contributed by atoms with E-state index in [0.29, 0.717) is 5.92 Å². The molecule has 0 spiro atoms. The average Bonchev–Trinajstić information content (AvgIpc) is 3.45. The first-order valence-corrected chi connectivity index (χ1v) is 11.8. The fourth-order valence-corrected chi connectivity index (χ4v) is 5.09. The quantitative estimate of drug-likeness (QED) is 0.343. The second kappa shape index (κ2) is 9.29. The predicted molar refractivity (Wildman–Crippen MR) is 131 cm³/mol. The van der Waals surface area contributed by atoms with Crippen LogP contribution in [0.25, 0.3) is 21.8 Å². The number of nitrogens with one attached hydrogen (secondary N) is 2. The van der Waals surface area contributed by atoms with Crippen molar-refractivity contribution >= 4 is 21.8 Å². The van der Waals surface area contributed by atoms with Crippen LogP contribution >= 0.6 is 0 Å². The molecule has 2 aromatic carbocycles. The predicted octanol–water partition coefficient (Wildman–Crippen LogP) is 5.87. The number of aromatic amines is 2. The number of aromatic nitrogens is 2. The summed E-state index contributed by atoms with van der Waals surface area (Å²) in [5.74, 6) is 2.48. The van der Waals surface area contributed by atoms with Crippen molar-refractivity contribution in [1.29, 1.82) is 0 Å². The zero-order chi connectivity index (χ0) is 21.9. The maximum Gasteiger partial charge on any atom is 0.119 e. The van der Waals surface area contributed by atoms with Crippen LogP contribution in [0.4, 0.5) is 0 Å². The van der Waals surface area contributed by atoms with E-state index in [9.17, 15) is 0 Å². The van der Waals surface area contributed by atoms with Crippen molar-refractivity contribution in [3.63, 3.8) is 0 Å². The molecule has 5 rings (SSSR count). The number of fused-ring (bicyclic) bond motifs is 2. The Balaban J connectivity index is 1.10. The van der Waals surface area contributed by atoms with Crippen LogP contribution in [-0.4, -0.2) is 48.7 Å². The van der Waals surface area contributed by atoms with Crippen LogP contribution in [0.5, 0.6) is 11.5 Å². The summed E-state index contributed by atoms with van der Waals surface area (Å²) in [4.78, 5) is 9.67. The number of H-pyrrole nitrogens is 2. The molecule has 1 saturated heterocycles. The van der Waals surface area contributed by atoms with Crippen LogP contribution in [0.3, 0.4) is 0 Å². The molecule has 4 aromatic rings. The molecule has 0 saturated carbocycles. The van der Waals surface area contributed by atoms with Gasteiger partial charge in [0.15, 0.2) is 0 Å². The highest BCUT2D eigenvalue weighted by Crippen LogP contribution is 2.31. The molecule has 2 aromatic heterocycles. The Morgan fingerprint density at radius 2 is 1.66 bits per heavy atom. The van der Waals surface area contributed by atoms with Gasteiger partial charge in [0.1, 0.15) is 11.5 Å². The third kappa shape index (κ3) is 4.35. The fraction of sp³-hybridized carbons (Fsp3) is 0.407. The van der Waals surface area contributed by atoms with Gasteiger partial charge in [0.05, 0.1) is 14.2 Å². The standard InChI is InChI=1S/C27H33N3O2/c1-31-22-6-8-25-21(15-22)16-27(29-25)19-10-13-30(14-11-19)12-4-3-5-20-18-28-26-9-7-23(32-2)17-24(20)26/h6-9,15-19,28-29H,3-5,10-14H2,1-2H3. The van der Waals surface area contributed by atoms with Crippen LogP contribution in [-0.2, 0) is 6.42 Å². The Labute approximate surface area is 189 Å². The van der Waals surface area contributed by atoms with Gasteiger partial charge in [-0.15, -0.1) is 0 Å². The summed E-state index contributed by atoms with van der Waals surface area (Å²) in [6.07, 6.45) is 8.19. The largest absolute Gasteiger partial charge is 0.497 e. The Morgan fingerprint density at radius 3 is 2.44 bits per heavy atom. The zero-order valence-corrected chi connectivity index (χ0v) is 19.1. The molecule has 168 valence electrons. The van der Waals surface area contributed by atoms with Gasteiger partial charge < -0.3 is 24.3 Å². The van der Waals surface area contributed by atoms with Crippen LogP contribution < -0.4 is 9.47 Å². The molecule has 2 N–H and O–H groups in total. The molecule has 0 bridgehead atoms. The molecule has 1 aliphatic rings. The second-order valence-electron chi connectivity index (χ2n) is 8.98. The molecule has 1 fully saturated rings. The Hall–Kier alpha value is -2.92. The summed E-state index contributed by atoms with van der Waals surface area (Å²) < 4.78 is 10.8. The van der Waals surface area contributed by atoms with Crippen LogP contribution in [0, 0.1) is 0 Å². The molecule has 3 heterocycles. The number of hydrogen-bond donors (Lipinski definition) is 2. The van der Waals surface area contributed by atoms with E-state index in [1.807, 2.05) is 12.1 Å². The van der Waals surface area contributed by atoms with E-state index in [-0.39, 0.29) is 0 Å². The number of aryl methyl sites for hydroxylation is 1. The van der Waals surface area contributed by atoms with Crippen molar-refractivity contribution in [2.45, 2.75) is 38.0 Å². The lowest BCUT2D eigenvalue weighted by atomic mass is 9.93. The monoisotopic (exact) mass is 431 g/mol. The minimum absolute atomic E-state index is 0.630. The number of benzene rings is 2. The first-order chi connectivity index (χ1) is 15.7. The van der Waals surface area contributed by atoms with Gasteiger partial charge in [-0.05, 0) is 99.8 Å². The summed E-state index contributed by atoms with van der Waals surface area (Å²) in [7, 11) is 3.45. The van der Waals surface area contributed by atoms with Crippen molar-refractivity contribution < 1.29 is 9.47 Å². The van der Waals surface area contributed by atoms with Crippen LogP contribution in [0.15, 0.2) is 48.7 Å². The number of methoxy groups -OCH3 is 2. The molecule has 0 radical (unpaired) electrons. The SMILES string of the molecule is COc1ccc2[nH]c(C3CCN(CCCCc4c[nH]c5ccc(OC)cc45)CC3)cc2c1. The van der Waals surface area contributed by atoms with Crippen molar-refractivity contribution in [2.75, 3.05) is 33.9 Å². The highest BCUT2D eigenvalue weighted by molar-refractivity contribution is 5.84. The van der Waals surface area contributed by atoms with Crippen molar-refractivity contribution in [3.05, 3.63) is 59.9 Å². The highest BCUT2D eigenvalue weighted by Gasteiger charge is 2.21. The van der Waals surface area contributed by atoms with E-state index >= 15 is 0 Å².